The molecule has 0 aliphatic rings. The largest absolute Gasteiger partial charge is 0.309 e. The molecule has 3 heterocycles. The van der Waals surface area contributed by atoms with Crippen molar-refractivity contribution in [2.75, 3.05) is 0 Å². The van der Waals surface area contributed by atoms with Gasteiger partial charge >= 0.3 is 0 Å². The van der Waals surface area contributed by atoms with Crippen molar-refractivity contribution >= 4 is 43.6 Å². The highest BCUT2D eigenvalue weighted by Gasteiger charge is 2.21. The molecule has 5 heteroatoms. The maximum absolute atomic E-state index is 8.80. The summed E-state index contributed by atoms with van der Waals surface area (Å²) in [7, 11) is 0. The second kappa shape index (κ2) is 11.4. The molecule has 0 atom stereocenters. The van der Waals surface area contributed by atoms with Crippen molar-refractivity contribution < 1.29 is 6.85 Å². The van der Waals surface area contributed by atoms with Crippen molar-refractivity contribution in [3.63, 3.8) is 0 Å². The van der Waals surface area contributed by atoms with Gasteiger partial charge in [-0.2, -0.15) is 9.97 Å². The number of hydrogen-bond donors (Lipinski definition) is 0. The molecule has 0 fully saturated rings. The maximum Gasteiger partial charge on any atom is 0.238 e. The SMILES string of the molecule is [2H]c1c([2H])c([2H])c(-c2ccccc2-c2nc(-c3ccccc3)nc(-n3c4ccccc4c4cc5c6ccccc6n(-c6ccccc6)c5cc43)n2)c([2H])c1[2H]. The molecule has 10 rings (SSSR count). The van der Waals surface area contributed by atoms with E-state index in [2.05, 4.69) is 69.8 Å². The van der Waals surface area contributed by atoms with E-state index in [9.17, 15) is 0 Å². The van der Waals surface area contributed by atoms with E-state index >= 15 is 0 Å². The topological polar surface area (TPSA) is 48.5 Å². The van der Waals surface area contributed by atoms with Gasteiger partial charge in [0, 0.05) is 38.4 Å². The van der Waals surface area contributed by atoms with Crippen LogP contribution in [0, 0.1) is 0 Å². The van der Waals surface area contributed by atoms with Crippen LogP contribution in [0.5, 0.6) is 0 Å². The van der Waals surface area contributed by atoms with Crippen LogP contribution in [0.1, 0.15) is 6.85 Å². The summed E-state index contributed by atoms with van der Waals surface area (Å²) < 4.78 is 46.9. The second-order valence-corrected chi connectivity index (χ2v) is 12.1. The Morgan fingerprint density at radius 2 is 0.960 bits per heavy atom. The zero-order valence-electron chi connectivity index (χ0n) is 31.6. The van der Waals surface area contributed by atoms with Gasteiger partial charge in [0.2, 0.25) is 5.95 Å². The first kappa shape index (κ1) is 23.5. The lowest BCUT2D eigenvalue weighted by Gasteiger charge is -2.13. The molecular weight excluding hydrogens is 611 g/mol. The highest BCUT2D eigenvalue weighted by molar-refractivity contribution is 6.19. The minimum absolute atomic E-state index is 0.0813. The Morgan fingerprint density at radius 3 is 1.68 bits per heavy atom. The average Bonchev–Trinajstić information content (AvgIpc) is 3.74. The number of aromatic nitrogens is 5. The van der Waals surface area contributed by atoms with E-state index in [1.807, 2.05) is 72.8 Å². The molecule has 234 valence electrons. The Morgan fingerprint density at radius 1 is 0.400 bits per heavy atom. The van der Waals surface area contributed by atoms with Crippen molar-refractivity contribution in [1.29, 1.82) is 0 Å². The molecular formula is C45H29N5. The summed E-state index contributed by atoms with van der Waals surface area (Å²) in [5.41, 5.74) is 6.80. The van der Waals surface area contributed by atoms with E-state index < -0.39 is 18.1 Å². The van der Waals surface area contributed by atoms with Crippen molar-refractivity contribution in [2.45, 2.75) is 0 Å². The van der Waals surface area contributed by atoms with Gasteiger partial charge in [0.1, 0.15) is 0 Å². The quantitative estimate of drug-likeness (QED) is 0.187. The van der Waals surface area contributed by atoms with E-state index in [0.717, 1.165) is 54.9 Å². The lowest BCUT2D eigenvalue weighted by atomic mass is 9.99. The first-order chi connectivity index (χ1) is 26.9. The second-order valence-electron chi connectivity index (χ2n) is 12.1. The Balaban J connectivity index is 1.30. The molecule has 0 saturated heterocycles. The van der Waals surface area contributed by atoms with Gasteiger partial charge in [0.15, 0.2) is 11.6 Å². The predicted molar refractivity (Wildman–Crippen MR) is 205 cm³/mol. The van der Waals surface area contributed by atoms with Crippen LogP contribution in [-0.2, 0) is 0 Å². The standard InChI is InChI=1S/C45H29N5/c1-4-16-30(17-5-1)33-22-10-11-25-36(33)44-46-43(31-18-6-2-7-19-31)47-45(48-44)50-40-27-15-13-24-35(40)38-28-37-34-23-12-14-26-39(34)49(41(37)29-42(38)50)32-20-8-3-9-21-32/h1-29H/i1D,4D,5D,16D,17D. The van der Waals surface area contributed by atoms with Crippen LogP contribution in [-0.4, -0.2) is 24.1 Å². The molecule has 7 aromatic carbocycles. The van der Waals surface area contributed by atoms with Gasteiger partial charge in [0.25, 0.3) is 0 Å². The molecule has 10 aromatic rings. The first-order valence-electron chi connectivity index (χ1n) is 18.9. The van der Waals surface area contributed by atoms with Crippen molar-refractivity contribution in [3.05, 3.63) is 176 Å². The van der Waals surface area contributed by atoms with E-state index in [4.69, 9.17) is 21.8 Å². The molecule has 0 unspecified atom stereocenters. The Bertz CT molecular complexity index is 3130. The molecule has 0 saturated carbocycles. The molecule has 0 N–H and O–H groups in total. The van der Waals surface area contributed by atoms with Gasteiger partial charge in [-0.05, 0) is 47.5 Å². The van der Waals surface area contributed by atoms with E-state index in [0.29, 0.717) is 28.7 Å². The zero-order chi connectivity index (χ0) is 37.4. The summed E-state index contributed by atoms with van der Waals surface area (Å²) in [6.07, 6.45) is 0. The molecule has 0 radical (unpaired) electrons. The summed E-state index contributed by atoms with van der Waals surface area (Å²) in [6, 6.07) is 46.5. The molecule has 3 aromatic heterocycles. The zero-order valence-corrected chi connectivity index (χ0v) is 26.6. The maximum atomic E-state index is 8.80. The van der Waals surface area contributed by atoms with Gasteiger partial charge in [-0.1, -0.05) is 139 Å². The summed E-state index contributed by atoms with van der Waals surface area (Å²) in [5, 5.41) is 4.36. The third-order valence-electron chi connectivity index (χ3n) is 9.27. The van der Waals surface area contributed by atoms with Crippen LogP contribution in [0.3, 0.4) is 0 Å². The molecule has 0 bridgehead atoms. The number of hydrogen-bond acceptors (Lipinski definition) is 3. The van der Waals surface area contributed by atoms with Crippen molar-refractivity contribution in [2.24, 2.45) is 0 Å². The first-order valence-corrected chi connectivity index (χ1v) is 16.4. The van der Waals surface area contributed by atoms with Crippen LogP contribution >= 0.6 is 0 Å². The molecule has 5 nitrogen and oxygen atoms in total. The van der Waals surface area contributed by atoms with Crippen molar-refractivity contribution in [1.82, 2.24) is 24.1 Å². The number of rotatable bonds is 5. The van der Waals surface area contributed by atoms with Gasteiger partial charge < -0.3 is 4.57 Å². The molecule has 0 spiro atoms. The third-order valence-corrected chi connectivity index (χ3v) is 9.27. The third kappa shape index (κ3) is 4.45. The van der Waals surface area contributed by atoms with Crippen LogP contribution in [0.15, 0.2) is 176 Å². The predicted octanol–water partition coefficient (Wildman–Crippen LogP) is 11.1. The van der Waals surface area contributed by atoms with E-state index in [1.165, 1.54) is 0 Å². The average molecular weight is 645 g/mol. The summed E-state index contributed by atoms with van der Waals surface area (Å²) in [4.78, 5) is 15.3. The monoisotopic (exact) mass is 644 g/mol. The van der Waals surface area contributed by atoms with Gasteiger partial charge in [-0.3, -0.25) is 4.57 Å². The minimum Gasteiger partial charge on any atom is -0.309 e. The highest BCUT2D eigenvalue weighted by atomic mass is 15.2. The van der Waals surface area contributed by atoms with Crippen LogP contribution in [0.2, 0.25) is 0 Å². The van der Waals surface area contributed by atoms with Crippen molar-refractivity contribution in [3.8, 4) is 45.5 Å². The van der Waals surface area contributed by atoms with Crippen LogP contribution in [0.4, 0.5) is 0 Å². The lowest BCUT2D eigenvalue weighted by Crippen LogP contribution is -2.07. The molecule has 0 amide bonds. The summed E-state index contributed by atoms with van der Waals surface area (Å²) >= 11 is 0. The molecule has 0 aliphatic carbocycles. The summed E-state index contributed by atoms with van der Waals surface area (Å²) in [5.74, 6) is 1.12. The normalized spacial score (nSPS) is 13.0. The molecule has 50 heavy (non-hydrogen) atoms. The van der Waals surface area contributed by atoms with E-state index in [1.54, 1.807) is 12.1 Å². The van der Waals surface area contributed by atoms with E-state index in [-0.39, 0.29) is 17.6 Å². The summed E-state index contributed by atoms with van der Waals surface area (Å²) in [6.45, 7) is 0. The van der Waals surface area contributed by atoms with Gasteiger partial charge in [0.05, 0.1) is 28.9 Å². The van der Waals surface area contributed by atoms with Crippen LogP contribution in [0.25, 0.3) is 89.2 Å². The number of fused-ring (bicyclic) bond motifs is 6. The molecule has 0 aliphatic heterocycles. The Hall–Kier alpha value is -6.85. The highest BCUT2D eigenvalue weighted by Crippen LogP contribution is 2.40. The number of benzene rings is 7. The fraction of sp³-hybridized carbons (Fsp3) is 0. The fourth-order valence-electron chi connectivity index (χ4n) is 7.08. The minimum atomic E-state index is -0.447. The smallest absolute Gasteiger partial charge is 0.238 e. The fourth-order valence-corrected chi connectivity index (χ4v) is 7.08. The lowest BCUT2D eigenvalue weighted by molar-refractivity contribution is 0.954. The Labute approximate surface area is 295 Å². The van der Waals surface area contributed by atoms with Gasteiger partial charge in [-0.15, -0.1) is 0 Å². The van der Waals surface area contributed by atoms with Crippen LogP contribution < -0.4 is 0 Å². The Kier molecular flexibility index (Phi) is 5.35. The number of nitrogens with zero attached hydrogens (tertiary/aromatic N) is 5. The number of para-hydroxylation sites is 3. The van der Waals surface area contributed by atoms with Gasteiger partial charge in [-0.25, -0.2) is 4.98 Å².